The van der Waals surface area contributed by atoms with Crippen molar-refractivity contribution in [2.75, 3.05) is 20.3 Å². The molecule has 0 N–H and O–H groups in total. The van der Waals surface area contributed by atoms with Crippen molar-refractivity contribution in [2.45, 2.75) is 19.1 Å². The van der Waals surface area contributed by atoms with Gasteiger partial charge in [0, 0.05) is 38.5 Å². The number of hydrogen-bond donors (Lipinski definition) is 0. The van der Waals surface area contributed by atoms with E-state index in [-0.39, 0.29) is 0 Å². The Labute approximate surface area is 106 Å². The van der Waals surface area contributed by atoms with Gasteiger partial charge in [-0.2, -0.15) is 5.10 Å². The number of nitrogens with zero attached hydrogens (tertiary/aromatic N) is 3. The molecule has 1 aliphatic rings. The highest BCUT2D eigenvalue weighted by molar-refractivity contribution is 5.09. The Balaban J connectivity index is 1.76. The van der Waals surface area contributed by atoms with Gasteiger partial charge in [-0.1, -0.05) is 0 Å². The summed E-state index contributed by atoms with van der Waals surface area (Å²) < 4.78 is 12.5. The van der Waals surface area contributed by atoms with Gasteiger partial charge in [0.05, 0.1) is 30.9 Å². The molecule has 0 saturated heterocycles. The van der Waals surface area contributed by atoms with Crippen LogP contribution in [0.15, 0.2) is 35.3 Å². The third-order valence-corrected chi connectivity index (χ3v) is 3.30. The van der Waals surface area contributed by atoms with Gasteiger partial charge in [0.1, 0.15) is 0 Å². The smallest absolute Gasteiger partial charge is 0.0947 e. The fourth-order valence-electron chi connectivity index (χ4n) is 2.54. The van der Waals surface area contributed by atoms with Crippen LogP contribution in [0.2, 0.25) is 0 Å². The molecule has 0 saturated carbocycles. The average Bonchev–Trinajstić information content (AvgIpc) is 3.00. The molecule has 0 fully saturated rings. The van der Waals surface area contributed by atoms with E-state index in [4.69, 9.17) is 9.15 Å². The second kappa shape index (κ2) is 4.96. The first-order valence-electron chi connectivity index (χ1n) is 6.11. The lowest BCUT2D eigenvalue weighted by Gasteiger charge is -2.33. The van der Waals surface area contributed by atoms with Gasteiger partial charge in [-0.15, -0.1) is 0 Å². The molecule has 0 spiro atoms. The van der Waals surface area contributed by atoms with E-state index in [1.165, 1.54) is 11.3 Å². The van der Waals surface area contributed by atoms with Crippen LogP contribution in [0, 0.1) is 0 Å². The highest BCUT2D eigenvalue weighted by atomic mass is 16.5. The summed E-state index contributed by atoms with van der Waals surface area (Å²) in [5.41, 5.74) is 2.45. The van der Waals surface area contributed by atoms with Crippen LogP contribution in [0.25, 0.3) is 0 Å². The van der Waals surface area contributed by atoms with Crippen LogP contribution in [0.4, 0.5) is 0 Å². The fourth-order valence-corrected chi connectivity index (χ4v) is 2.54. The molecule has 0 unspecified atom stereocenters. The number of methoxy groups -OCH3 is 1. The van der Waals surface area contributed by atoms with E-state index in [1.807, 2.05) is 12.3 Å². The Hall–Kier alpha value is -1.59. The number of hydrogen-bond acceptors (Lipinski definition) is 4. The van der Waals surface area contributed by atoms with E-state index in [9.17, 15) is 0 Å². The number of rotatable bonds is 4. The zero-order valence-corrected chi connectivity index (χ0v) is 10.5. The van der Waals surface area contributed by atoms with Gasteiger partial charge in [0.25, 0.3) is 0 Å². The quantitative estimate of drug-likeness (QED) is 0.824. The summed E-state index contributed by atoms with van der Waals surface area (Å²) in [7, 11) is 1.73. The zero-order chi connectivity index (χ0) is 12.4. The molecular formula is C13H17N3O2. The lowest BCUT2D eigenvalue weighted by Crippen LogP contribution is -2.38. The molecule has 1 aliphatic heterocycles. The van der Waals surface area contributed by atoms with Crippen molar-refractivity contribution in [3.63, 3.8) is 0 Å². The first-order chi connectivity index (χ1) is 8.86. The van der Waals surface area contributed by atoms with Crippen LogP contribution in [0.1, 0.15) is 17.3 Å². The van der Waals surface area contributed by atoms with Crippen molar-refractivity contribution < 1.29 is 9.15 Å². The standard InChI is InChI=1S/C13H17N3O2/c1-17-10-13-8-15(6-11-3-5-18-9-11)7-12-2-4-14-16(12)13/h2-5,9,13H,6-8,10H2,1H3/t13-/m0/s1. The Morgan fingerprint density at radius 1 is 1.50 bits per heavy atom. The lowest BCUT2D eigenvalue weighted by molar-refractivity contribution is 0.0906. The molecule has 0 radical (unpaired) electrons. The second-order valence-electron chi connectivity index (χ2n) is 4.68. The minimum Gasteiger partial charge on any atom is -0.472 e. The van der Waals surface area contributed by atoms with Crippen molar-refractivity contribution in [2.24, 2.45) is 0 Å². The molecule has 2 aromatic rings. The molecule has 5 nitrogen and oxygen atoms in total. The summed E-state index contributed by atoms with van der Waals surface area (Å²) in [5.74, 6) is 0. The minimum atomic E-state index is 0.292. The number of aromatic nitrogens is 2. The maximum atomic E-state index is 5.29. The van der Waals surface area contributed by atoms with Crippen LogP contribution in [0.3, 0.4) is 0 Å². The predicted molar refractivity (Wildman–Crippen MR) is 66.0 cm³/mol. The Bertz CT molecular complexity index is 492. The van der Waals surface area contributed by atoms with Crippen LogP contribution in [-0.2, 0) is 17.8 Å². The zero-order valence-electron chi connectivity index (χ0n) is 10.5. The van der Waals surface area contributed by atoms with E-state index in [1.54, 1.807) is 19.6 Å². The topological polar surface area (TPSA) is 43.4 Å². The SMILES string of the molecule is COC[C@@H]1CN(Cc2ccoc2)Cc2ccnn21. The molecular weight excluding hydrogens is 230 g/mol. The van der Waals surface area contributed by atoms with Gasteiger partial charge in [0.2, 0.25) is 0 Å². The molecule has 5 heteroatoms. The van der Waals surface area contributed by atoms with Crippen molar-refractivity contribution in [3.05, 3.63) is 42.1 Å². The molecule has 96 valence electrons. The summed E-state index contributed by atoms with van der Waals surface area (Å²) in [6, 6.07) is 4.38. The Morgan fingerprint density at radius 2 is 2.44 bits per heavy atom. The van der Waals surface area contributed by atoms with Crippen LogP contribution >= 0.6 is 0 Å². The first-order valence-corrected chi connectivity index (χ1v) is 6.11. The highest BCUT2D eigenvalue weighted by Crippen LogP contribution is 2.22. The molecule has 1 atom stereocenters. The van der Waals surface area contributed by atoms with Crippen LogP contribution in [-0.4, -0.2) is 34.9 Å². The molecule has 0 bridgehead atoms. The average molecular weight is 247 g/mol. The number of furan rings is 1. The van der Waals surface area contributed by atoms with E-state index in [2.05, 4.69) is 20.7 Å². The second-order valence-corrected chi connectivity index (χ2v) is 4.68. The van der Waals surface area contributed by atoms with Crippen LogP contribution < -0.4 is 0 Å². The summed E-state index contributed by atoms with van der Waals surface area (Å²) >= 11 is 0. The number of fused-ring (bicyclic) bond motifs is 1. The molecule has 0 amide bonds. The van der Waals surface area contributed by atoms with Crippen molar-refractivity contribution in [1.29, 1.82) is 0 Å². The van der Waals surface area contributed by atoms with Crippen molar-refractivity contribution >= 4 is 0 Å². The molecule has 0 aliphatic carbocycles. The summed E-state index contributed by atoms with van der Waals surface area (Å²) in [6.07, 6.45) is 5.38. The van der Waals surface area contributed by atoms with E-state index in [0.29, 0.717) is 12.6 Å². The monoisotopic (exact) mass is 247 g/mol. The van der Waals surface area contributed by atoms with Gasteiger partial charge in [-0.05, 0) is 12.1 Å². The van der Waals surface area contributed by atoms with Gasteiger partial charge in [-0.3, -0.25) is 9.58 Å². The predicted octanol–water partition coefficient (Wildman–Crippen LogP) is 1.68. The van der Waals surface area contributed by atoms with Gasteiger partial charge >= 0.3 is 0 Å². The third kappa shape index (κ3) is 2.19. The molecule has 18 heavy (non-hydrogen) atoms. The normalized spacial score (nSPS) is 19.9. The van der Waals surface area contributed by atoms with Crippen molar-refractivity contribution in [1.82, 2.24) is 14.7 Å². The maximum absolute atomic E-state index is 5.29. The van der Waals surface area contributed by atoms with E-state index in [0.717, 1.165) is 19.6 Å². The van der Waals surface area contributed by atoms with Gasteiger partial charge in [0.15, 0.2) is 0 Å². The van der Waals surface area contributed by atoms with Crippen molar-refractivity contribution in [3.8, 4) is 0 Å². The summed E-state index contributed by atoms with van der Waals surface area (Å²) in [4.78, 5) is 2.39. The molecule has 2 aromatic heterocycles. The van der Waals surface area contributed by atoms with Gasteiger partial charge in [-0.25, -0.2) is 0 Å². The maximum Gasteiger partial charge on any atom is 0.0947 e. The van der Waals surface area contributed by atoms with E-state index >= 15 is 0 Å². The van der Waals surface area contributed by atoms with Gasteiger partial charge < -0.3 is 9.15 Å². The molecule has 3 rings (SSSR count). The third-order valence-electron chi connectivity index (χ3n) is 3.30. The minimum absolute atomic E-state index is 0.292. The largest absolute Gasteiger partial charge is 0.472 e. The Kier molecular flexibility index (Phi) is 3.17. The van der Waals surface area contributed by atoms with E-state index < -0.39 is 0 Å². The first kappa shape index (κ1) is 11.5. The fraction of sp³-hybridized carbons (Fsp3) is 0.462. The lowest BCUT2D eigenvalue weighted by atomic mass is 10.2. The molecule has 3 heterocycles. The van der Waals surface area contributed by atoms with Crippen LogP contribution in [0.5, 0.6) is 0 Å². The Morgan fingerprint density at radius 3 is 3.22 bits per heavy atom. The summed E-state index contributed by atoms with van der Waals surface area (Å²) in [5, 5.41) is 4.38. The molecule has 0 aromatic carbocycles. The highest BCUT2D eigenvalue weighted by Gasteiger charge is 2.25. The number of ether oxygens (including phenoxy) is 1. The summed E-state index contributed by atoms with van der Waals surface area (Å²) in [6.45, 7) is 3.47.